The maximum absolute atomic E-state index is 11.9. The fourth-order valence-electron chi connectivity index (χ4n) is 2.03. The third-order valence-corrected chi connectivity index (χ3v) is 3.61. The second-order valence-corrected chi connectivity index (χ2v) is 5.24. The first-order valence-electron chi connectivity index (χ1n) is 5.97. The van der Waals surface area contributed by atoms with Crippen LogP contribution in [0.1, 0.15) is 31.4 Å². The highest BCUT2D eigenvalue weighted by Crippen LogP contribution is 2.28. The van der Waals surface area contributed by atoms with Crippen LogP contribution in [0, 0.1) is 0 Å². The highest BCUT2D eigenvalue weighted by atomic mass is 35.5. The Morgan fingerprint density at radius 3 is 2.94 bits per heavy atom. The minimum atomic E-state index is -0.397. The van der Waals surface area contributed by atoms with Crippen LogP contribution in [0.15, 0.2) is 18.2 Å². The molecule has 18 heavy (non-hydrogen) atoms. The zero-order valence-electron chi connectivity index (χ0n) is 10.1. The van der Waals surface area contributed by atoms with Crippen molar-refractivity contribution < 1.29 is 9.53 Å². The van der Waals surface area contributed by atoms with Gasteiger partial charge in [0, 0.05) is 15.6 Å². The molecule has 1 aliphatic heterocycles. The lowest BCUT2D eigenvalue weighted by Crippen LogP contribution is -2.33. The van der Waals surface area contributed by atoms with Gasteiger partial charge in [0.15, 0.2) is 0 Å². The molecule has 1 fully saturated rings. The third-order valence-electron chi connectivity index (χ3n) is 3.03. The van der Waals surface area contributed by atoms with Crippen molar-refractivity contribution in [3.05, 3.63) is 33.8 Å². The maximum atomic E-state index is 11.9. The van der Waals surface area contributed by atoms with Crippen molar-refractivity contribution in [2.45, 2.75) is 31.9 Å². The molecule has 0 radical (unpaired) electrons. The summed E-state index contributed by atoms with van der Waals surface area (Å²) >= 11 is 12.0. The van der Waals surface area contributed by atoms with E-state index in [1.807, 2.05) is 0 Å². The molecule has 1 aromatic rings. The number of nitrogens with one attached hydrogen (secondary N) is 1. The van der Waals surface area contributed by atoms with Gasteiger partial charge in [0.05, 0.1) is 0 Å². The molecule has 1 aromatic carbocycles. The molecule has 1 heterocycles. The number of ether oxygens (including phenoxy) is 1. The Balaban J connectivity index is 2.04. The molecule has 5 heteroatoms. The van der Waals surface area contributed by atoms with Crippen LogP contribution >= 0.6 is 23.2 Å². The Kier molecular flexibility index (Phi) is 4.49. The molecule has 1 aliphatic rings. The van der Waals surface area contributed by atoms with E-state index in [1.54, 1.807) is 25.1 Å². The van der Waals surface area contributed by atoms with Gasteiger partial charge in [-0.15, -0.1) is 0 Å². The molecule has 2 rings (SSSR count). The summed E-state index contributed by atoms with van der Waals surface area (Å²) in [5, 5.41) is 4.24. The smallest absolute Gasteiger partial charge is 0.323 e. The topological polar surface area (TPSA) is 38.3 Å². The second kappa shape index (κ2) is 5.91. The van der Waals surface area contributed by atoms with Crippen LogP contribution in [0.3, 0.4) is 0 Å². The number of carbonyl (C=O) groups is 1. The molecule has 0 unspecified atom stereocenters. The first kappa shape index (κ1) is 13.7. The van der Waals surface area contributed by atoms with Crippen LogP contribution in [0.25, 0.3) is 0 Å². The number of hydrogen-bond donors (Lipinski definition) is 1. The molecule has 0 spiro atoms. The zero-order chi connectivity index (χ0) is 13.1. The predicted octanol–water partition coefficient (Wildman–Crippen LogP) is 3.35. The van der Waals surface area contributed by atoms with Gasteiger partial charge in [-0.1, -0.05) is 23.2 Å². The summed E-state index contributed by atoms with van der Waals surface area (Å²) in [5.41, 5.74) is 0.732. The van der Waals surface area contributed by atoms with Crippen molar-refractivity contribution in [2.75, 3.05) is 6.54 Å². The van der Waals surface area contributed by atoms with Crippen LogP contribution in [-0.4, -0.2) is 18.6 Å². The molecule has 0 saturated carbocycles. The van der Waals surface area contributed by atoms with E-state index in [-0.39, 0.29) is 12.0 Å². The van der Waals surface area contributed by atoms with Gasteiger partial charge in [-0.3, -0.25) is 4.79 Å². The number of rotatable bonds is 3. The molecule has 98 valence electrons. The number of benzene rings is 1. The minimum absolute atomic E-state index is 0.189. The monoisotopic (exact) mass is 287 g/mol. The van der Waals surface area contributed by atoms with Crippen molar-refractivity contribution in [1.82, 2.24) is 5.32 Å². The lowest BCUT2D eigenvalue weighted by atomic mass is 10.1. The molecule has 1 N–H and O–H groups in total. The van der Waals surface area contributed by atoms with Crippen LogP contribution < -0.4 is 5.32 Å². The van der Waals surface area contributed by atoms with E-state index in [0.717, 1.165) is 24.9 Å². The molecule has 1 saturated heterocycles. The Morgan fingerprint density at radius 1 is 1.50 bits per heavy atom. The number of esters is 1. The molecule has 3 nitrogen and oxygen atoms in total. The Labute approximate surface area is 116 Å². The summed E-state index contributed by atoms with van der Waals surface area (Å²) in [5.74, 6) is -0.226. The number of hydrogen-bond acceptors (Lipinski definition) is 3. The molecule has 2 atom stereocenters. The Morgan fingerprint density at radius 2 is 2.28 bits per heavy atom. The second-order valence-electron chi connectivity index (χ2n) is 4.39. The SMILES string of the molecule is C[C@H](OC(=O)[C@H]1CCCN1)c1cc(Cl)ccc1Cl. The lowest BCUT2D eigenvalue weighted by Gasteiger charge is -2.18. The highest BCUT2D eigenvalue weighted by molar-refractivity contribution is 6.33. The standard InChI is InChI=1S/C13H15Cl2NO2/c1-8(10-7-9(14)4-5-11(10)15)18-13(17)12-3-2-6-16-12/h4-5,7-8,12,16H,2-3,6H2,1H3/t8-,12+/m0/s1. The van der Waals surface area contributed by atoms with E-state index < -0.39 is 6.10 Å². The van der Waals surface area contributed by atoms with Crippen molar-refractivity contribution in [3.8, 4) is 0 Å². The van der Waals surface area contributed by atoms with Gasteiger partial charge in [0.25, 0.3) is 0 Å². The van der Waals surface area contributed by atoms with Crippen molar-refractivity contribution in [3.63, 3.8) is 0 Å². The van der Waals surface area contributed by atoms with E-state index in [4.69, 9.17) is 27.9 Å². The third kappa shape index (κ3) is 3.16. The average molecular weight is 288 g/mol. The number of carbonyl (C=O) groups excluding carboxylic acids is 1. The first-order chi connectivity index (χ1) is 8.58. The summed E-state index contributed by atoms with van der Waals surface area (Å²) < 4.78 is 5.41. The summed E-state index contributed by atoms with van der Waals surface area (Å²) in [4.78, 5) is 11.9. The first-order valence-corrected chi connectivity index (χ1v) is 6.72. The zero-order valence-corrected chi connectivity index (χ0v) is 11.6. The molecular weight excluding hydrogens is 273 g/mol. The fourth-order valence-corrected chi connectivity index (χ4v) is 2.48. The lowest BCUT2D eigenvalue weighted by molar-refractivity contribution is -0.150. The van der Waals surface area contributed by atoms with Gasteiger partial charge in [-0.2, -0.15) is 0 Å². The van der Waals surface area contributed by atoms with Crippen molar-refractivity contribution >= 4 is 29.2 Å². The van der Waals surface area contributed by atoms with E-state index in [0.29, 0.717) is 10.0 Å². The van der Waals surface area contributed by atoms with E-state index >= 15 is 0 Å². The highest BCUT2D eigenvalue weighted by Gasteiger charge is 2.25. The average Bonchev–Trinajstić information content (AvgIpc) is 2.85. The Hall–Kier alpha value is -0.770. The van der Waals surface area contributed by atoms with E-state index in [9.17, 15) is 4.79 Å². The van der Waals surface area contributed by atoms with Gasteiger partial charge in [-0.05, 0) is 44.5 Å². The van der Waals surface area contributed by atoms with E-state index in [1.165, 1.54) is 0 Å². The van der Waals surface area contributed by atoms with Gasteiger partial charge < -0.3 is 10.1 Å². The molecule has 0 aromatic heterocycles. The minimum Gasteiger partial charge on any atom is -0.457 e. The van der Waals surface area contributed by atoms with E-state index in [2.05, 4.69) is 5.32 Å². The fraction of sp³-hybridized carbons (Fsp3) is 0.462. The normalized spacial score (nSPS) is 20.7. The van der Waals surface area contributed by atoms with Crippen LogP contribution in [-0.2, 0) is 9.53 Å². The largest absolute Gasteiger partial charge is 0.457 e. The summed E-state index contributed by atoms with van der Waals surface area (Å²) in [6.07, 6.45) is 1.44. The van der Waals surface area contributed by atoms with Gasteiger partial charge in [0.1, 0.15) is 12.1 Å². The van der Waals surface area contributed by atoms with Gasteiger partial charge in [0.2, 0.25) is 0 Å². The van der Waals surface area contributed by atoms with Crippen LogP contribution in [0.4, 0.5) is 0 Å². The maximum Gasteiger partial charge on any atom is 0.323 e. The van der Waals surface area contributed by atoms with Crippen LogP contribution in [0.2, 0.25) is 10.0 Å². The molecule has 0 bridgehead atoms. The van der Waals surface area contributed by atoms with Gasteiger partial charge in [-0.25, -0.2) is 0 Å². The predicted molar refractivity (Wildman–Crippen MR) is 72.0 cm³/mol. The van der Waals surface area contributed by atoms with Crippen molar-refractivity contribution in [1.29, 1.82) is 0 Å². The Bertz CT molecular complexity index is 445. The summed E-state index contributed by atoms with van der Waals surface area (Å²) in [6.45, 7) is 2.66. The number of halogens is 2. The molecule has 0 aliphatic carbocycles. The molecular formula is C13H15Cl2NO2. The molecule has 0 amide bonds. The quantitative estimate of drug-likeness (QED) is 0.867. The van der Waals surface area contributed by atoms with Gasteiger partial charge >= 0.3 is 5.97 Å². The van der Waals surface area contributed by atoms with Crippen molar-refractivity contribution in [2.24, 2.45) is 0 Å². The van der Waals surface area contributed by atoms with Crippen LogP contribution in [0.5, 0.6) is 0 Å². The summed E-state index contributed by atoms with van der Waals surface area (Å²) in [7, 11) is 0. The summed E-state index contributed by atoms with van der Waals surface area (Å²) in [6, 6.07) is 4.95.